The molecular formula is C22H26N4O5S2. The third-order valence-corrected chi connectivity index (χ3v) is 8.60. The van der Waals surface area contributed by atoms with Gasteiger partial charge in [0.1, 0.15) is 11.4 Å². The first-order valence-electron chi connectivity index (χ1n) is 10.5. The molecule has 1 saturated heterocycles. The quantitative estimate of drug-likeness (QED) is 0.501. The van der Waals surface area contributed by atoms with Crippen LogP contribution in [0.25, 0.3) is 10.2 Å². The third-order valence-electron chi connectivity index (χ3n) is 5.58. The summed E-state index contributed by atoms with van der Waals surface area (Å²) < 4.78 is 37.7. The summed E-state index contributed by atoms with van der Waals surface area (Å²) in [4.78, 5) is 25.1. The Morgan fingerprint density at radius 3 is 2.42 bits per heavy atom. The van der Waals surface area contributed by atoms with Gasteiger partial charge < -0.3 is 14.4 Å². The molecule has 0 saturated carbocycles. The molecule has 2 aromatic heterocycles. The number of benzene rings is 1. The van der Waals surface area contributed by atoms with Crippen molar-refractivity contribution in [2.45, 2.75) is 19.3 Å². The predicted molar refractivity (Wildman–Crippen MR) is 126 cm³/mol. The molecule has 0 atom stereocenters. The number of hydrogen-bond donors (Lipinski definition) is 0. The van der Waals surface area contributed by atoms with Gasteiger partial charge in [-0.25, -0.2) is 13.4 Å². The maximum absolute atomic E-state index is 13.3. The number of sulfonamides is 1. The van der Waals surface area contributed by atoms with Crippen LogP contribution in [0.2, 0.25) is 0 Å². The van der Waals surface area contributed by atoms with Crippen LogP contribution in [0.4, 0.5) is 0 Å². The molecule has 3 aromatic rings. The van der Waals surface area contributed by atoms with Crippen molar-refractivity contribution in [2.24, 2.45) is 0 Å². The Balaban J connectivity index is 1.50. The smallest absolute Gasteiger partial charge is 0.264 e. The lowest BCUT2D eigenvalue weighted by Gasteiger charge is -2.34. The van der Waals surface area contributed by atoms with Gasteiger partial charge in [0.05, 0.1) is 23.1 Å². The molecule has 0 radical (unpaired) electrons. The van der Waals surface area contributed by atoms with E-state index >= 15 is 0 Å². The Labute approximate surface area is 197 Å². The molecule has 0 spiro atoms. The molecular weight excluding hydrogens is 464 g/mol. The van der Waals surface area contributed by atoms with E-state index in [9.17, 15) is 13.2 Å². The highest BCUT2D eigenvalue weighted by atomic mass is 32.2. The van der Waals surface area contributed by atoms with Crippen LogP contribution in [0.5, 0.6) is 5.88 Å². The molecule has 33 heavy (non-hydrogen) atoms. The molecule has 11 heteroatoms. The largest absolute Gasteiger partial charge is 0.480 e. The van der Waals surface area contributed by atoms with Crippen LogP contribution >= 0.6 is 11.3 Å². The molecule has 1 amide bonds. The number of rotatable bonds is 7. The van der Waals surface area contributed by atoms with Crippen molar-refractivity contribution in [3.05, 3.63) is 52.2 Å². The van der Waals surface area contributed by atoms with Crippen molar-refractivity contribution >= 4 is 37.5 Å². The van der Waals surface area contributed by atoms with Crippen molar-refractivity contribution < 1.29 is 22.7 Å². The van der Waals surface area contributed by atoms with Crippen molar-refractivity contribution in [2.75, 3.05) is 40.4 Å². The van der Waals surface area contributed by atoms with E-state index in [-0.39, 0.29) is 31.4 Å². The Morgan fingerprint density at radius 2 is 1.79 bits per heavy atom. The van der Waals surface area contributed by atoms with E-state index in [0.717, 1.165) is 16.5 Å². The topological polar surface area (TPSA) is 102 Å². The standard InChI is InChI=1S/C22H26N4O5S2/c1-15-18-20(31-3)23-17(13-30-2)24-21(18)32-19(15)22(27)25-9-11-26(12-10-25)33(28,29)14-16-7-5-4-6-8-16/h4-8H,9-14H2,1-3H3. The molecule has 9 nitrogen and oxygen atoms in total. The van der Waals surface area contributed by atoms with Gasteiger partial charge in [-0.3, -0.25) is 4.79 Å². The maximum Gasteiger partial charge on any atom is 0.264 e. The second-order valence-electron chi connectivity index (χ2n) is 7.75. The fraction of sp³-hybridized carbons (Fsp3) is 0.409. The number of carbonyl (C=O) groups excluding carboxylic acids is 1. The minimum absolute atomic E-state index is 0.0422. The van der Waals surface area contributed by atoms with Gasteiger partial charge in [0, 0.05) is 33.3 Å². The summed E-state index contributed by atoms with van der Waals surface area (Å²) in [6.07, 6.45) is 0. The number of aryl methyl sites for hydroxylation is 1. The SMILES string of the molecule is COCc1nc(OC)c2c(C)c(C(=O)N3CCN(S(=O)(=O)Cc4ccccc4)CC3)sc2n1. The first kappa shape index (κ1) is 23.6. The van der Waals surface area contributed by atoms with E-state index in [4.69, 9.17) is 9.47 Å². The van der Waals surface area contributed by atoms with Crippen molar-refractivity contribution in [1.29, 1.82) is 0 Å². The van der Waals surface area contributed by atoms with Gasteiger partial charge in [0.15, 0.2) is 5.82 Å². The first-order valence-corrected chi connectivity index (χ1v) is 12.9. The Hall–Kier alpha value is -2.60. The molecule has 0 unspecified atom stereocenters. The van der Waals surface area contributed by atoms with Crippen LogP contribution in [0.15, 0.2) is 30.3 Å². The summed E-state index contributed by atoms with van der Waals surface area (Å²) >= 11 is 1.29. The minimum atomic E-state index is -3.45. The lowest BCUT2D eigenvalue weighted by Crippen LogP contribution is -2.50. The van der Waals surface area contributed by atoms with Gasteiger partial charge in [0.25, 0.3) is 5.91 Å². The van der Waals surface area contributed by atoms with Crippen LogP contribution in [0.1, 0.15) is 26.6 Å². The van der Waals surface area contributed by atoms with Crippen molar-refractivity contribution in [3.8, 4) is 5.88 Å². The van der Waals surface area contributed by atoms with E-state index in [0.29, 0.717) is 34.5 Å². The molecule has 1 fully saturated rings. The van der Waals surface area contributed by atoms with Gasteiger partial charge >= 0.3 is 0 Å². The van der Waals surface area contributed by atoms with E-state index in [2.05, 4.69) is 9.97 Å². The maximum atomic E-state index is 13.3. The number of aromatic nitrogens is 2. The highest BCUT2D eigenvalue weighted by molar-refractivity contribution is 7.88. The Morgan fingerprint density at radius 1 is 1.09 bits per heavy atom. The minimum Gasteiger partial charge on any atom is -0.480 e. The number of fused-ring (bicyclic) bond motifs is 1. The second-order valence-corrected chi connectivity index (χ2v) is 10.7. The van der Waals surface area contributed by atoms with Crippen LogP contribution in [0, 0.1) is 6.92 Å². The van der Waals surface area contributed by atoms with Gasteiger partial charge in [0.2, 0.25) is 15.9 Å². The van der Waals surface area contributed by atoms with Crippen LogP contribution in [0.3, 0.4) is 0 Å². The fourth-order valence-corrected chi connectivity index (χ4v) is 6.55. The number of amides is 1. The highest BCUT2D eigenvalue weighted by Gasteiger charge is 2.31. The van der Waals surface area contributed by atoms with E-state index in [1.807, 2.05) is 25.1 Å². The van der Waals surface area contributed by atoms with Crippen molar-refractivity contribution in [3.63, 3.8) is 0 Å². The molecule has 0 bridgehead atoms. The van der Waals surface area contributed by atoms with Crippen LogP contribution < -0.4 is 4.74 Å². The summed E-state index contributed by atoms with van der Waals surface area (Å²) in [6.45, 7) is 3.30. The molecule has 0 N–H and O–H groups in total. The molecule has 1 aromatic carbocycles. The van der Waals surface area contributed by atoms with E-state index in [1.54, 1.807) is 24.1 Å². The summed E-state index contributed by atoms with van der Waals surface area (Å²) in [6, 6.07) is 9.11. The van der Waals surface area contributed by atoms with Crippen LogP contribution in [-0.4, -0.2) is 73.9 Å². The van der Waals surface area contributed by atoms with Gasteiger partial charge in [-0.2, -0.15) is 9.29 Å². The fourth-order valence-electron chi connectivity index (χ4n) is 3.88. The molecule has 1 aliphatic heterocycles. The number of piperazine rings is 1. The summed E-state index contributed by atoms with van der Waals surface area (Å²) in [5.74, 6) is 0.724. The summed E-state index contributed by atoms with van der Waals surface area (Å²) in [5, 5.41) is 0.717. The number of nitrogens with zero attached hydrogens (tertiary/aromatic N) is 4. The highest BCUT2D eigenvalue weighted by Crippen LogP contribution is 2.36. The second kappa shape index (κ2) is 9.72. The molecule has 4 rings (SSSR count). The zero-order valence-corrected chi connectivity index (χ0v) is 20.4. The van der Waals surface area contributed by atoms with Crippen molar-refractivity contribution in [1.82, 2.24) is 19.2 Å². The van der Waals surface area contributed by atoms with E-state index < -0.39 is 10.0 Å². The normalized spacial score (nSPS) is 15.2. The Bertz CT molecular complexity index is 1250. The monoisotopic (exact) mass is 490 g/mol. The number of methoxy groups -OCH3 is 2. The number of hydrogen-bond acceptors (Lipinski definition) is 8. The van der Waals surface area contributed by atoms with Gasteiger partial charge in [-0.1, -0.05) is 30.3 Å². The van der Waals surface area contributed by atoms with Crippen LogP contribution in [-0.2, 0) is 27.1 Å². The average molecular weight is 491 g/mol. The zero-order chi connectivity index (χ0) is 23.6. The first-order chi connectivity index (χ1) is 15.8. The lowest BCUT2D eigenvalue weighted by molar-refractivity contribution is 0.0702. The molecule has 176 valence electrons. The average Bonchev–Trinajstić information content (AvgIpc) is 3.15. The third kappa shape index (κ3) is 4.86. The molecule has 1 aliphatic rings. The number of ether oxygens (including phenoxy) is 2. The van der Waals surface area contributed by atoms with Gasteiger partial charge in [-0.05, 0) is 18.1 Å². The molecule has 0 aliphatic carbocycles. The predicted octanol–water partition coefficient (Wildman–Crippen LogP) is 2.44. The Kier molecular flexibility index (Phi) is 6.94. The number of thiophene rings is 1. The molecule has 3 heterocycles. The summed E-state index contributed by atoms with van der Waals surface area (Å²) in [5.41, 5.74) is 1.51. The number of carbonyl (C=O) groups is 1. The summed E-state index contributed by atoms with van der Waals surface area (Å²) in [7, 11) is -0.349. The zero-order valence-electron chi connectivity index (χ0n) is 18.8. The lowest BCUT2D eigenvalue weighted by atomic mass is 10.2. The van der Waals surface area contributed by atoms with E-state index in [1.165, 1.54) is 22.8 Å². The van der Waals surface area contributed by atoms with Gasteiger partial charge in [-0.15, -0.1) is 11.3 Å².